The fraction of sp³-hybridized carbons (Fsp3) is 0.217. The van der Waals surface area contributed by atoms with E-state index in [0.29, 0.717) is 5.76 Å². The number of fused-ring (bicyclic) bond motifs is 1. The Bertz CT molecular complexity index is 1150. The van der Waals surface area contributed by atoms with Gasteiger partial charge < -0.3 is 14.5 Å². The van der Waals surface area contributed by atoms with Crippen LogP contribution < -0.4 is 10.1 Å². The Morgan fingerprint density at radius 3 is 2.76 bits per heavy atom. The molecule has 2 aromatic carbocycles. The number of aryl methyl sites for hydroxylation is 1. The van der Waals surface area contributed by atoms with Crippen LogP contribution in [-0.2, 0) is 13.7 Å². The minimum atomic E-state index is -0.267. The van der Waals surface area contributed by atoms with E-state index in [2.05, 4.69) is 10.4 Å². The highest BCUT2D eigenvalue weighted by atomic mass is 16.5. The van der Waals surface area contributed by atoms with Gasteiger partial charge in [-0.25, -0.2) is 0 Å². The molecule has 1 atom stereocenters. The number of benzene rings is 2. The van der Waals surface area contributed by atoms with Crippen molar-refractivity contribution in [3.05, 3.63) is 83.6 Å². The predicted molar refractivity (Wildman–Crippen MR) is 111 cm³/mol. The zero-order chi connectivity index (χ0) is 20.4. The minimum Gasteiger partial charge on any atom is -0.485 e. The summed E-state index contributed by atoms with van der Waals surface area (Å²) in [7, 11) is 1.88. The second kappa shape index (κ2) is 7.83. The molecule has 1 unspecified atom stereocenters. The van der Waals surface area contributed by atoms with Gasteiger partial charge in [-0.2, -0.15) is 5.10 Å². The van der Waals surface area contributed by atoms with Crippen LogP contribution in [0.5, 0.6) is 5.75 Å². The molecular formula is C23H23N3O3. The van der Waals surface area contributed by atoms with Gasteiger partial charge >= 0.3 is 0 Å². The van der Waals surface area contributed by atoms with Crippen molar-refractivity contribution in [2.75, 3.05) is 0 Å². The normalized spacial score (nSPS) is 12.1. The van der Waals surface area contributed by atoms with E-state index in [4.69, 9.17) is 9.15 Å². The topological polar surface area (TPSA) is 69.3 Å². The summed E-state index contributed by atoms with van der Waals surface area (Å²) in [6.07, 6.45) is 1.77. The first-order valence-electron chi connectivity index (χ1n) is 9.51. The van der Waals surface area contributed by atoms with Gasteiger partial charge in [-0.05, 0) is 37.4 Å². The van der Waals surface area contributed by atoms with Gasteiger partial charge in [0.15, 0.2) is 5.76 Å². The quantitative estimate of drug-likeness (QED) is 0.525. The predicted octanol–water partition coefficient (Wildman–Crippen LogP) is 4.54. The molecule has 6 heteroatoms. The van der Waals surface area contributed by atoms with Crippen molar-refractivity contribution >= 4 is 16.7 Å². The Morgan fingerprint density at radius 2 is 1.97 bits per heavy atom. The van der Waals surface area contributed by atoms with E-state index in [1.165, 1.54) is 0 Å². The van der Waals surface area contributed by atoms with Crippen LogP contribution in [0.25, 0.3) is 10.8 Å². The zero-order valence-electron chi connectivity index (χ0n) is 16.7. The number of ether oxygens (including phenoxy) is 1. The fourth-order valence-electron chi connectivity index (χ4n) is 3.33. The molecule has 0 aliphatic heterocycles. The smallest absolute Gasteiger partial charge is 0.287 e. The lowest BCUT2D eigenvalue weighted by Crippen LogP contribution is -2.26. The first kappa shape index (κ1) is 18.8. The van der Waals surface area contributed by atoms with Gasteiger partial charge in [0.2, 0.25) is 0 Å². The molecule has 2 heterocycles. The number of carbonyl (C=O) groups is 1. The molecule has 2 aromatic heterocycles. The van der Waals surface area contributed by atoms with Gasteiger partial charge in [0.05, 0.1) is 12.2 Å². The van der Waals surface area contributed by atoms with E-state index >= 15 is 0 Å². The standard InChI is InChI=1S/C23H23N3O3/c1-15(20-13-24-26(3)16(20)2)25-23(27)22-12-11-18(29-22)14-28-21-10-6-8-17-7-4-5-9-19(17)21/h4-13,15H,14H2,1-3H3,(H,25,27). The van der Waals surface area contributed by atoms with Crippen LogP contribution in [0.1, 0.15) is 40.5 Å². The summed E-state index contributed by atoms with van der Waals surface area (Å²) in [6, 6.07) is 17.2. The van der Waals surface area contributed by atoms with E-state index in [1.807, 2.05) is 63.4 Å². The summed E-state index contributed by atoms with van der Waals surface area (Å²) in [6.45, 7) is 4.15. The van der Waals surface area contributed by atoms with Crippen LogP contribution in [0.3, 0.4) is 0 Å². The average molecular weight is 389 g/mol. The van der Waals surface area contributed by atoms with E-state index in [1.54, 1.807) is 23.0 Å². The molecule has 0 radical (unpaired) electrons. The third kappa shape index (κ3) is 3.87. The summed E-state index contributed by atoms with van der Waals surface area (Å²) in [5.41, 5.74) is 1.99. The zero-order valence-corrected chi connectivity index (χ0v) is 16.7. The second-order valence-corrected chi connectivity index (χ2v) is 7.04. The van der Waals surface area contributed by atoms with Crippen molar-refractivity contribution in [2.45, 2.75) is 26.5 Å². The Balaban J connectivity index is 1.41. The number of carbonyl (C=O) groups excluding carboxylic acids is 1. The van der Waals surface area contributed by atoms with Gasteiger partial charge in [-0.1, -0.05) is 36.4 Å². The van der Waals surface area contributed by atoms with Crippen LogP contribution in [0.15, 0.2) is 65.2 Å². The monoisotopic (exact) mass is 389 g/mol. The van der Waals surface area contributed by atoms with Crippen LogP contribution >= 0.6 is 0 Å². The van der Waals surface area contributed by atoms with E-state index in [0.717, 1.165) is 27.8 Å². The summed E-state index contributed by atoms with van der Waals surface area (Å²) in [5, 5.41) is 9.33. The highest BCUT2D eigenvalue weighted by Gasteiger charge is 2.18. The first-order chi connectivity index (χ1) is 14.0. The SMILES string of the molecule is Cc1c(C(C)NC(=O)c2ccc(COc3cccc4ccccc34)o2)cnn1C. The third-order valence-electron chi connectivity index (χ3n) is 5.09. The van der Waals surface area contributed by atoms with Gasteiger partial charge in [-0.15, -0.1) is 0 Å². The molecule has 6 nitrogen and oxygen atoms in total. The summed E-state index contributed by atoms with van der Waals surface area (Å²) in [4.78, 5) is 12.5. The number of rotatable bonds is 6. The summed E-state index contributed by atoms with van der Waals surface area (Å²) >= 11 is 0. The molecule has 0 spiro atoms. The van der Waals surface area contributed by atoms with Crippen molar-refractivity contribution in [1.82, 2.24) is 15.1 Å². The molecule has 0 saturated heterocycles. The van der Waals surface area contributed by atoms with Gasteiger partial charge in [0.1, 0.15) is 18.1 Å². The molecule has 4 aromatic rings. The number of hydrogen-bond acceptors (Lipinski definition) is 4. The Hall–Kier alpha value is -3.54. The lowest BCUT2D eigenvalue weighted by atomic mass is 10.1. The van der Waals surface area contributed by atoms with Crippen molar-refractivity contribution in [3.8, 4) is 5.75 Å². The Labute approximate surface area is 169 Å². The van der Waals surface area contributed by atoms with Gasteiger partial charge in [-0.3, -0.25) is 9.48 Å². The van der Waals surface area contributed by atoms with Crippen LogP contribution in [-0.4, -0.2) is 15.7 Å². The Kier molecular flexibility index (Phi) is 5.08. The van der Waals surface area contributed by atoms with Crippen LogP contribution in [0, 0.1) is 6.92 Å². The highest BCUT2D eigenvalue weighted by molar-refractivity contribution is 5.91. The molecule has 0 bridgehead atoms. The van der Waals surface area contributed by atoms with E-state index in [9.17, 15) is 4.79 Å². The molecule has 0 aliphatic rings. The number of amides is 1. The number of furan rings is 1. The molecule has 1 N–H and O–H groups in total. The van der Waals surface area contributed by atoms with E-state index in [-0.39, 0.29) is 24.3 Å². The Morgan fingerprint density at radius 1 is 1.17 bits per heavy atom. The maximum atomic E-state index is 12.5. The van der Waals surface area contributed by atoms with Crippen LogP contribution in [0.4, 0.5) is 0 Å². The first-order valence-corrected chi connectivity index (χ1v) is 9.51. The van der Waals surface area contributed by atoms with Crippen molar-refractivity contribution in [2.24, 2.45) is 7.05 Å². The summed E-state index contributed by atoms with van der Waals surface area (Å²) < 4.78 is 13.4. The van der Waals surface area contributed by atoms with Crippen molar-refractivity contribution in [1.29, 1.82) is 0 Å². The molecule has 0 aliphatic carbocycles. The molecule has 148 valence electrons. The maximum Gasteiger partial charge on any atom is 0.287 e. The molecule has 29 heavy (non-hydrogen) atoms. The molecule has 0 saturated carbocycles. The van der Waals surface area contributed by atoms with Crippen LogP contribution in [0.2, 0.25) is 0 Å². The second-order valence-electron chi connectivity index (χ2n) is 7.04. The number of nitrogens with one attached hydrogen (secondary N) is 1. The molecular weight excluding hydrogens is 366 g/mol. The van der Waals surface area contributed by atoms with E-state index < -0.39 is 0 Å². The summed E-state index contributed by atoms with van der Waals surface area (Å²) in [5.74, 6) is 1.37. The third-order valence-corrected chi connectivity index (χ3v) is 5.09. The highest BCUT2D eigenvalue weighted by Crippen LogP contribution is 2.26. The minimum absolute atomic E-state index is 0.170. The van der Waals surface area contributed by atoms with Crippen molar-refractivity contribution < 1.29 is 13.9 Å². The molecule has 1 amide bonds. The molecule has 4 rings (SSSR count). The number of nitrogens with zero attached hydrogens (tertiary/aromatic N) is 2. The lowest BCUT2D eigenvalue weighted by molar-refractivity contribution is 0.0907. The number of aromatic nitrogens is 2. The van der Waals surface area contributed by atoms with Gasteiger partial charge in [0, 0.05) is 23.7 Å². The number of hydrogen-bond donors (Lipinski definition) is 1. The van der Waals surface area contributed by atoms with Gasteiger partial charge in [0.25, 0.3) is 5.91 Å². The fourth-order valence-corrected chi connectivity index (χ4v) is 3.33. The lowest BCUT2D eigenvalue weighted by Gasteiger charge is -2.12. The van der Waals surface area contributed by atoms with Crippen molar-refractivity contribution in [3.63, 3.8) is 0 Å². The average Bonchev–Trinajstić information content (AvgIpc) is 3.33. The maximum absolute atomic E-state index is 12.5. The largest absolute Gasteiger partial charge is 0.485 e. The molecule has 0 fully saturated rings.